The van der Waals surface area contributed by atoms with Crippen LogP contribution < -0.4 is 4.74 Å². The standard InChI is InChI=1S/C17H18N2O5S/c1-11-16(12(2)24-18-11)25(21,22)19-8-7-17(10-19)9-14(20)13-5-3-4-6-15(13)23-17/h3-6H,7-10H2,1-2H3/t17-/m0/s1. The normalized spacial score (nSPS) is 23.7. The minimum absolute atomic E-state index is 0.0153. The number of Topliss-reactive ketones (excluding diaryl/α,β-unsaturated/α-hetero) is 1. The first-order valence-corrected chi connectivity index (χ1v) is 9.51. The van der Waals surface area contributed by atoms with Gasteiger partial charge in [0.2, 0.25) is 10.0 Å². The largest absolute Gasteiger partial charge is 0.485 e. The molecule has 2 aliphatic rings. The maximum Gasteiger partial charge on any atom is 0.248 e. The van der Waals surface area contributed by atoms with Crippen molar-refractivity contribution in [2.45, 2.75) is 37.2 Å². The van der Waals surface area contributed by atoms with Gasteiger partial charge in [0.15, 0.2) is 11.5 Å². The number of ether oxygens (including phenoxy) is 1. The van der Waals surface area contributed by atoms with Crippen LogP contribution in [-0.2, 0) is 10.0 Å². The van der Waals surface area contributed by atoms with Crippen LogP contribution in [0.5, 0.6) is 5.75 Å². The zero-order valence-electron chi connectivity index (χ0n) is 14.0. The van der Waals surface area contributed by atoms with Crippen LogP contribution in [0, 0.1) is 13.8 Å². The summed E-state index contributed by atoms with van der Waals surface area (Å²) in [4.78, 5) is 12.6. The quantitative estimate of drug-likeness (QED) is 0.813. The second-order valence-electron chi connectivity index (χ2n) is 6.62. The third-order valence-corrected chi connectivity index (χ3v) is 6.93. The summed E-state index contributed by atoms with van der Waals surface area (Å²) in [5.74, 6) is 0.776. The van der Waals surface area contributed by atoms with Crippen molar-refractivity contribution in [2.24, 2.45) is 0 Å². The van der Waals surface area contributed by atoms with Gasteiger partial charge in [-0.15, -0.1) is 0 Å². The van der Waals surface area contributed by atoms with Crippen LogP contribution in [-0.4, -0.2) is 42.4 Å². The van der Waals surface area contributed by atoms with Gasteiger partial charge >= 0.3 is 0 Å². The van der Waals surface area contributed by atoms with Gasteiger partial charge in [-0.05, 0) is 26.0 Å². The lowest BCUT2D eigenvalue weighted by atomic mass is 9.89. The van der Waals surface area contributed by atoms with Crippen molar-refractivity contribution in [3.8, 4) is 5.75 Å². The average Bonchev–Trinajstić information content (AvgIpc) is 3.12. The maximum atomic E-state index is 13.0. The van der Waals surface area contributed by atoms with Crippen LogP contribution in [0.25, 0.3) is 0 Å². The molecular weight excluding hydrogens is 344 g/mol. The molecule has 1 saturated heterocycles. The molecule has 0 unspecified atom stereocenters. The molecule has 8 heteroatoms. The van der Waals surface area contributed by atoms with Gasteiger partial charge in [0.25, 0.3) is 0 Å². The Bertz CT molecular complexity index is 946. The number of aromatic nitrogens is 1. The number of fused-ring (bicyclic) bond motifs is 1. The van der Waals surface area contributed by atoms with Crippen molar-refractivity contribution < 1.29 is 22.5 Å². The molecular formula is C17H18N2O5S. The van der Waals surface area contributed by atoms with E-state index < -0.39 is 15.6 Å². The Kier molecular flexibility index (Phi) is 3.52. The van der Waals surface area contributed by atoms with Crippen molar-refractivity contribution in [3.05, 3.63) is 41.3 Å². The Balaban J connectivity index is 1.65. The lowest BCUT2D eigenvalue weighted by Gasteiger charge is -2.34. The fraction of sp³-hybridized carbons (Fsp3) is 0.412. The van der Waals surface area contributed by atoms with Crippen LogP contribution >= 0.6 is 0 Å². The van der Waals surface area contributed by atoms with Gasteiger partial charge < -0.3 is 9.26 Å². The molecule has 1 aromatic carbocycles. The molecule has 4 rings (SSSR count). The highest BCUT2D eigenvalue weighted by atomic mass is 32.2. The van der Waals surface area contributed by atoms with E-state index in [1.165, 1.54) is 4.31 Å². The average molecular weight is 362 g/mol. The van der Waals surface area contributed by atoms with E-state index in [4.69, 9.17) is 9.26 Å². The minimum atomic E-state index is -3.74. The zero-order valence-corrected chi connectivity index (χ0v) is 14.8. The summed E-state index contributed by atoms with van der Waals surface area (Å²) < 4.78 is 38.4. The van der Waals surface area contributed by atoms with Crippen molar-refractivity contribution in [3.63, 3.8) is 0 Å². The van der Waals surface area contributed by atoms with Crippen LogP contribution in [0.4, 0.5) is 0 Å². The Morgan fingerprint density at radius 3 is 2.72 bits per heavy atom. The number of rotatable bonds is 2. The van der Waals surface area contributed by atoms with E-state index in [9.17, 15) is 13.2 Å². The van der Waals surface area contributed by atoms with E-state index in [1.54, 1.807) is 38.1 Å². The molecule has 0 saturated carbocycles. The molecule has 0 amide bonds. The van der Waals surface area contributed by atoms with E-state index in [0.29, 0.717) is 30.0 Å². The monoisotopic (exact) mass is 362 g/mol. The Hall–Kier alpha value is -2.19. The summed E-state index contributed by atoms with van der Waals surface area (Å²) in [6.07, 6.45) is 0.646. The highest BCUT2D eigenvalue weighted by Crippen LogP contribution is 2.40. The molecule has 1 spiro atoms. The molecule has 2 aromatic rings. The Morgan fingerprint density at radius 1 is 1.24 bits per heavy atom. The molecule has 2 aliphatic heterocycles. The number of carbonyl (C=O) groups is 1. The third kappa shape index (κ3) is 2.47. The predicted octanol–water partition coefficient (Wildman–Crippen LogP) is 2.09. The van der Waals surface area contributed by atoms with Gasteiger partial charge in [-0.1, -0.05) is 17.3 Å². The molecule has 7 nitrogen and oxygen atoms in total. The number of hydrogen-bond acceptors (Lipinski definition) is 6. The lowest BCUT2D eigenvalue weighted by Crippen LogP contribution is -2.45. The van der Waals surface area contributed by atoms with Crippen LogP contribution in [0.2, 0.25) is 0 Å². The Labute approximate surface area is 145 Å². The van der Waals surface area contributed by atoms with E-state index in [1.807, 2.05) is 0 Å². The number of benzene rings is 1. The summed E-state index contributed by atoms with van der Waals surface area (Å²) in [5, 5.41) is 3.73. The number of ketones is 1. The number of aryl methyl sites for hydroxylation is 2. The summed E-state index contributed by atoms with van der Waals surface area (Å²) >= 11 is 0. The zero-order chi connectivity index (χ0) is 17.8. The van der Waals surface area contributed by atoms with Crippen LogP contribution in [0.3, 0.4) is 0 Å². The molecule has 0 aliphatic carbocycles. The molecule has 0 radical (unpaired) electrons. The maximum absolute atomic E-state index is 13.0. The van der Waals surface area contributed by atoms with Gasteiger partial charge in [0.05, 0.1) is 18.5 Å². The SMILES string of the molecule is Cc1noc(C)c1S(=O)(=O)N1CC[C@]2(CC(=O)c3ccccc3O2)C1. The van der Waals surface area contributed by atoms with Crippen molar-refractivity contribution in [1.29, 1.82) is 0 Å². The topological polar surface area (TPSA) is 89.7 Å². The first kappa shape index (κ1) is 16.3. The summed E-state index contributed by atoms with van der Waals surface area (Å²) in [5.41, 5.74) is 0.0851. The van der Waals surface area contributed by atoms with Crippen molar-refractivity contribution in [1.82, 2.24) is 9.46 Å². The molecule has 0 bridgehead atoms. The number of sulfonamides is 1. The number of nitrogens with zero attached hydrogens (tertiary/aromatic N) is 2. The summed E-state index contributed by atoms with van der Waals surface area (Å²) in [6, 6.07) is 7.08. The van der Waals surface area contributed by atoms with Gasteiger partial charge in [-0.25, -0.2) is 8.42 Å². The van der Waals surface area contributed by atoms with Crippen LogP contribution in [0.1, 0.15) is 34.7 Å². The number of hydrogen-bond donors (Lipinski definition) is 0. The van der Waals surface area contributed by atoms with E-state index in [-0.39, 0.29) is 29.4 Å². The molecule has 1 aromatic heterocycles. The fourth-order valence-corrected chi connectivity index (χ4v) is 5.46. The number of para-hydroxylation sites is 1. The molecule has 132 valence electrons. The first-order chi connectivity index (χ1) is 11.8. The number of carbonyl (C=O) groups excluding carboxylic acids is 1. The predicted molar refractivity (Wildman–Crippen MR) is 88.1 cm³/mol. The van der Waals surface area contributed by atoms with E-state index in [2.05, 4.69) is 5.16 Å². The van der Waals surface area contributed by atoms with Gasteiger partial charge in [-0.2, -0.15) is 4.31 Å². The third-order valence-electron chi connectivity index (χ3n) is 4.84. The molecule has 1 fully saturated rings. The molecule has 0 N–H and O–H groups in total. The lowest BCUT2D eigenvalue weighted by molar-refractivity contribution is 0.0498. The molecule has 1 atom stereocenters. The molecule has 3 heterocycles. The van der Waals surface area contributed by atoms with Gasteiger partial charge in [0.1, 0.15) is 21.9 Å². The van der Waals surface area contributed by atoms with Crippen molar-refractivity contribution in [2.75, 3.05) is 13.1 Å². The van der Waals surface area contributed by atoms with E-state index >= 15 is 0 Å². The fourth-order valence-electron chi connectivity index (χ4n) is 3.66. The van der Waals surface area contributed by atoms with Crippen LogP contribution in [0.15, 0.2) is 33.7 Å². The Morgan fingerprint density at radius 2 is 2.00 bits per heavy atom. The van der Waals surface area contributed by atoms with Gasteiger partial charge in [0, 0.05) is 13.0 Å². The highest BCUT2D eigenvalue weighted by Gasteiger charge is 2.49. The second kappa shape index (κ2) is 5.40. The minimum Gasteiger partial charge on any atom is -0.485 e. The summed E-state index contributed by atoms with van der Waals surface area (Å²) in [6.45, 7) is 3.61. The highest BCUT2D eigenvalue weighted by molar-refractivity contribution is 7.89. The second-order valence-corrected chi connectivity index (χ2v) is 8.50. The smallest absolute Gasteiger partial charge is 0.248 e. The molecule has 25 heavy (non-hydrogen) atoms. The first-order valence-electron chi connectivity index (χ1n) is 8.07. The van der Waals surface area contributed by atoms with Crippen molar-refractivity contribution >= 4 is 15.8 Å². The van der Waals surface area contributed by atoms with E-state index in [0.717, 1.165) is 0 Å². The van der Waals surface area contributed by atoms with Gasteiger partial charge in [-0.3, -0.25) is 4.79 Å². The summed E-state index contributed by atoms with van der Waals surface area (Å²) in [7, 11) is -3.74.